The number of hydrogen-bond acceptors (Lipinski definition) is 3. The van der Waals surface area contributed by atoms with Gasteiger partial charge in [0.1, 0.15) is 0 Å². The van der Waals surface area contributed by atoms with Gasteiger partial charge in [-0.05, 0) is 48.7 Å². The van der Waals surface area contributed by atoms with Gasteiger partial charge >= 0.3 is 0 Å². The number of halogens is 1. The number of carbonyl (C=O) groups excluding carboxylic acids is 2. The first-order chi connectivity index (χ1) is 10.6. The molecule has 1 saturated heterocycles. The molecule has 1 N–H and O–H groups in total. The smallest absolute Gasteiger partial charge is 0.291 e. The van der Waals surface area contributed by atoms with E-state index in [4.69, 9.17) is 16.0 Å². The fourth-order valence-electron chi connectivity index (χ4n) is 2.49. The quantitative estimate of drug-likeness (QED) is 0.943. The Labute approximate surface area is 132 Å². The molecule has 0 bridgehead atoms. The van der Waals surface area contributed by atoms with Gasteiger partial charge in [0.2, 0.25) is 0 Å². The van der Waals surface area contributed by atoms with Crippen LogP contribution >= 0.6 is 11.6 Å². The van der Waals surface area contributed by atoms with Crippen LogP contribution in [-0.4, -0.2) is 29.8 Å². The van der Waals surface area contributed by atoms with Gasteiger partial charge < -0.3 is 14.6 Å². The summed E-state index contributed by atoms with van der Waals surface area (Å²) < 4.78 is 5.08. The van der Waals surface area contributed by atoms with Crippen molar-refractivity contribution >= 4 is 29.1 Å². The van der Waals surface area contributed by atoms with Crippen LogP contribution in [0.3, 0.4) is 0 Å². The molecular weight excluding hydrogens is 304 g/mol. The number of furan rings is 1. The van der Waals surface area contributed by atoms with Gasteiger partial charge in [-0.25, -0.2) is 0 Å². The number of hydrogen-bond donors (Lipinski definition) is 1. The Morgan fingerprint density at radius 3 is 2.50 bits per heavy atom. The number of para-hydroxylation sites is 1. The second-order valence-electron chi connectivity index (χ2n) is 5.10. The van der Waals surface area contributed by atoms with Crippen molar-refractivity contribution in [3.05, 3.63) is 52.9 Å². The minimum Gasteiger partial charge on any atom is -0.440 e. The van der Waals surface area contributed by atoms with Crippen LogP contribution in [0.1, 0.15) is 33.8 Å². The lowest BCUT2D eigenvalue weighted by Crippen LogP contribution is -2.28. The van der Waals surface area contributed by atoms with Crippen molar-refractivity contribution in [2.24, 2.45) is 0 Å². The molecule has 1 aliphatic heterocycles. The van der Waals surface area contributed by atoms with Crippen LogP contribution in [0.2, 0.25) is 5.22 Å². The van der Waals surface area contributed by atoms with Gasteiger partial charge in [-0.2, -0.15) is 0 Å². The van der Waals surface area contributed by atoms with Crippen LogP contribution in [0.25, 0.3) is 0 Å². The third-order valence-corrected chi connectivity index (χ3v) is 3.80. The Morgan fingerprint density at radius 1 is 1.09 bits per heavy atom. The van der Waals surface area contributed by atoms with Crippen LogP contribution in [-0.2, 0) is 0 Å². The highest BCUT2D eigenvalue weighted by molar-refractivity contribution is 6.29. The molecule has 0 unspecified atom stereocenters. The van der Waals surface area contributed by atoms with Crippen molar-refractivity contribution in [3.63, 3.8) is 0 Å². The molecule has 0 spiro atoms. The van der Waals surface area contributed by atoms with Crippen molar-refractivity contribution in [3.8, 4) is 0 Å². The number of likely N-dealkylation sites (tertiary alicyclic amines) is 1. The predicted molar refractivity (Wildman–Crippen MR) is 83.3 cm³/mol. The van der Waals surface area contributed by atoms with E-state index in [0.717, 1.165) is 25.9 Å². The SMILES string of the molecule is O=C(Nc1ccccc1C(=O)N1CCCC1)c1ccc(Cl)o1. The zero-order valence-corrected chi connectivity index (χ0v) is 12.6. The summed E-state index contributed by atoms with van der Waals surface area (Å²) in [5.41, 5.74) is 0.951. The summed E-state index contributed by atoms with van der Waals surface area (Å²) in [6.45, 7) is 1.52. The Kier molecular flexibility index (Phi) is 4.15. The first-order valence-corrected chi connectivity index (χ1v) is 7.48. The lowest BCUT2D eigenvalue weighted by Gasteiger charge is -2.17. The van der Waals surface area contributed by atoms with E-state index in [2.05, 4.69) is 5.32 Å². The minimum absolute atomic E-state index is 0.0640. The maximum atomic E-state index is 12.5. The summed E-state index contributed by atoms with van der Waals surface area (Å²) in [5.74, 6) is -0.395. The highest BCUT2D eigenvalue weighted by Gasteiger charge is 2.22. The number of nitrogens with zero attached hydrogens (tertiary/aromatic N) is 1. The lowest BCUT2D eigenvalue weighted by molar-refractivity contribution is 0.0794. The van der Waals surface area contributed by atoms with Crippen LogP contribution in [0.4, 0.5) is 5.69 Å². The number of amides is 2. The fraction of sp³-hybridized carbons (Fsp3) is 0.250. The first-order valence-electron chi connectivity index (χ1n) is 7.10. The molecule has 22 heavy (non-hydrogen) atoms. The van der Waals surface area contributed by atoms with E-state index in [-0.39, 0.29) is 16.9 Å². The maximum Gasteiger partial charge on any atom is 0.291 e. The maximum absolute atomic E-state index is 12.5. The topological polar surface area (TPSA) is 62.6 Å². The molecule has 3 rings (SSSR count). The second-order valence-corrected chi connectivity index (χ2v) is 5.48. The van der Waals surface area contributed by atoms with E-state index in [1.54, 1.807) is 29.2 Å². The number of rotatable bonds is 3. The van der Waals surface area contributed by atoms with E-state index < -0.39 is 5.91 Å². The first kappa shape index (κ1) is 14.7. The molecule has 2 aromatic rings. The van der Waals surface area contributed by atoms with Crippen molar-refractivity contribution < 1.29 is 14.0 Å². The summed E-state index contributed by atoms with van der Waals surface area (Å²) in [7, 11) is 0. The molecule has 1 aliphatic rings. The summed E-state index contributed by atoms with van der Waals surface area (Å²) in [6.07, 6.45) is 2.04. The molecule has 0 saturated carbocycles. The van der Waals surface area contributed by atoms with E-state index in [0.29, 0.717) is 11.3 Å². The Balaban J connectivity index is 1.82. The van der Waals surface area contributed by atoms with Crippen LogP contribution in [0, 0.1) is 0 Å². The molecule has 0 aliphatic carbocycles. The monoisotopic (exact) mass is 318 g/mol. The number of carbonyl (C=O) groups is 2. The van der Waals surface area contributed by atoms with Gasteiger partial charge in [0.15, 0.2) is 11.0 Å². The molecule has 1 aromatic heterocycles. The third kappa shape index (κ3) is 2.99. The van der Waals surface area contributed by atoms with Gasteiger partial charge in [0.05, 0.1) is 11.3 Å². The highest BCUT2D eigenvalue weighted by Crippen LogP contribution is 2.21. The van der Waals surface area contributed by atoms with E-state index in [1.807, 2.05) is 0 Å². The minimum atomic E-state index is -0.437. The van der Waals surface area contributed by atoms with Gasteiger partial charge in [0, 0.05) is 13.1 Å². The third-order valence-electron chi connectivity index (χ3n) is 3.60. The van der Waals surface area contributed by atoms with Crippen LogP contribution < -0.4 is 5.32 Å². The molecule has 1 aromatic carbocycles. The average molecular weight is 319 g/mol. The Hall–Kier alpha value is -2.27. The summed E-state index contributed by atoms with van der Waals surface area (Å²) >= 11 is 5.67. The molecule has 2 amide bonds. The van der Waals surface area contributed by atoms with Crippen LogP contribution in [0.5, 0.6) is 0 Å². The molecule has 2 heterocycles. The molecule has 0 atom stereocenters. The molecular formula is C16H15ClN2O3. The summed E-state index contributed by atoms with van der Waals surface area (Å²) in [6, 6.07) is 9.95. The highest BCUT2D eigenvalue weighted by atomic mass is 35.5. The standard InChI is InChI=1S/C16H15ClN2O3/c17-14-8-7-13(22-14)15(20)18-12-6-2-1-5-11(12)16(21)19-9-3-4-10-19/h1-2,5-8H,3-4,9-10H2,(H,18,20). The Morgan fingerprint density at radius 2 is 1.82 bits per heavy atom. The van der Waals surface area contributed by atoms with E-state index in [9.17, 15) is 9.59 Å². The normalized spacial score (nSPS) is 14.1. The van der Waals surface area contributed by atoms with E-state index in [1.165, 1.54) is 12.1 Å². The zero-order valence-electron chi connectivity index (χ0n) is 11.8. The summed E-state index contributed by atoms with van der Waals surface area (Å²) in [4.78, 5) is 26.5. The van der Waals surface area contributed by atoms with E-state index >= 15 is 0 Å². The second kappa shape index (κ2) is 6.23. The molecule has 114 valence electrons. The van der Waals surface area contributed by atoms with Gasteiger partial charge in [-0.15, -0.1) is 0 Å². The largest absolute Gasteiger partial charge is 0.440 e. The lowest BCUT2D eigenvalue weighted by atomic mass is 10.1. The van der Waals surface area contributed by atoms with Crippen molar-refractivity contribution in [1.29, 1.82) is 0 Å². The van der Waals surface area contributed by atoms with Crippen molar-refractivity contribution in [1.82, 2.24) is 4.90 Å². The average Bonchev–Trinajstić information content (AvgIpc) is 3.18. The van der Waals surface area contributed by atoms with Gasteiger partial charge in [-0.3, -0.25) is 9.59 Å². The number of nitrogens with one attached hydrogen (secondary N) is 1. The number of anilines is 1. The van der Waals surface area contributed by atoms with Crippen LogP contribution in [0.15, 0.2) is 40.8 Å². The zero-order chi connectivity index (χ0) is 15.5. The molecule has 0 radical (unpaired) electrons. The van der Waals surface area contributed by atoms with Crippen molar-refractivity contribution in [2.45, 2.75) is 12.8 Å². The predicted octanol–water partition coefficient (Wildman–Crippen LogP) is 3.42. The summed E-state index contributed by atoms with van der Waals surface area (Å²) in [5, 5.41) is 2.85. The van der Waals surface area contributed by atoms with Gasteiger partial charge in [-0.1, -0.05) is 12.1 Å². The molecule has 6 heteroatoms. The number of benzene rings is 1. The molecule has 1 fully saturated rings. The Bertz CT molecular complexity index is 705. The van der Waals surface area contributed by atoms with Gasteiger partial charge in [0.25, 0.3) is 11.8 Å². The van der Waals surface area contributed by atoms with Crippen molar-refractivity contribution in [2.75, 3.05) is 18.4 Å². The molecule has 5 nitrogen and oxygen atoms in total. The fourth-order valence-corrected chi connectivity index (χ4v) is 2.64.